The minimum atomic E-state index is -0.713. The molecule has 172 valence electrons. The summed E-state index contributed by atoms with van der Waals surface area (Å²) in [5.41, 5.74) is 6.73. The first-order valence-corrected chi connectivity index (χ1v) is 11.1. The van der Waals surface area contributed by atoms with E-state index in [2.05, 4.69) is 17.1 Å². The molecule has 0 unspecified atom stereocenters. The van der Waals surface area contributed by atoms with Crippen LogP contribution in [0.3, 0.4) is 0 Å². The van der Waals surface area contributed by atoms with Crippen molar-refractivity contribution in [1.29, 1.82) is 0 Å². The van der Waals surface area contributed by atoms with Crippen LogP contribution in [0.5, 0.6) is 5.75 Å². The van der Waals surface area contributed by atoms with E-state index in [1.807, 2.05) is 0 Å². The molecule has 33 heavy (non-hydrogen) atoms. The van der Waals surface area contributed by atoms with E-state index >= 15 is 0 Å². The highest BCUT2D eigenvalue weighted by Gasteiger charge is 2.40. The predicted molar refractivity (Wildman–Crippen MR) is 128 cm³/mol. The number of ether oxygens (including phenoxy) is 1. The third-order valence-electron chi connectivity index (χ3n) is 4.67. The number of hydrogen-bond donors (Lipinski definition) is 1. The van der Waals surface area contributed by atoms with Gasteiger partial charge in [-0.3, -0.25) is 19.7 Å². The fourth-order valence-corrected chi connectivity index (χ4v) is 3.85. The molecule has 0 spiro atoms. The summed E-state index contributed by atoms with van der Waals surface area (Å²) >= 11 is 0.946. The average molecular weight is 470 g/mol. The zero-order valence-electron chi connectivity index (χ0n) is 17.9. The molecule has 1 saturated heterocycles. The topological polar surface area (TPSA) is 140 Å². The number of non-ortho nitro benzene ring substituents is 1. The molecule has 0 saturated carbocycles. The Labute approximate surface area is 194 Å². The Morgan fingerprint density at radius 1 is 1.30 bits per heavy atom. The number of benzene rings is 2. The van der Waals surface area contributed by atoms with Crippen LogP contribution in [0.15, 0.2) is 58.7 Å². The minimum Gasteiger partial charge on any atom is -0.494 e. The standard InChI is InChI=1S/C22H23N5O5S/c1-2-3-11-32-18-9-7-16(8-10-18)26-20(28)13-19(21(26)29)33-22(23)25-24-14-15-5-4-6-17(12-15)27(30)31/h4-10,12,14,19H,2-3,11,13H2,1H3,(H2,23,25)/b24-14-/t19-/m0/s1. The first-order valence-electron chi connectivity index (χ1n) is 10.3. The molecule has 1 atom stereocenters. The summed E-state index contributed by atoms with van der Waals surface area (Å²) in [5, 5.41) is 17.8. The lowest BCUT2D eigenvalue weighted by Gasteiger charge is -2.15. The number of rotatable bonds is 9. The summed E-state index contributed by atoms with van der Waals surface area (Å²) in [7, 11) is 0. The number of hydrogen-bond acceptors (Lipinski definition) is 8. The van der Waals surface area contributed by atoms with Crippen molar-refractivity contribution in [2.24, 2.45) is 15.9 Å². The fourth-order valence-electron chi connectivity index (χ4n) is 3.03. The first-order chi connectivity index (χ1) is 15.9. The average Bonchev–Trinajstić information content (AvgIpc) is 3.07. The summed E-state index contributed by atoms with van der Waals surface area (Å²) in [5.74, 6) is -0.0364. The van der Waals surface area contributed by atoms with E-state index in [1.165, 1.54) is 24.4 Å². The lowest BCUT2D eigenvalue weighted by atomic mass is 10.2. The van der Waals surface area contributed by atoms with Gasteiger partial charge in [-0.05, 0) is 30.7 Å². The molecule has 1 heterocycles. The Balaban J connectivity index is 1.61. The van der Waals surface area contributed by atoms with Gasteiger partial charge in [0.2, 0.25) is 11.8 Å². The summed E-state index contributed by atoms with van der Waals surface area (Å²) in [6.07, 6.45) is 3.28. The third kappa shape index (κ3) is 6.39. The number of anilines is 1. The van der Waals surface area contributed by atoms with E-state index in [0.717, 1.165) is 29.5 Å². The van der Waals surface area contributed by atoms with Crippen LogP contribution in [0.1, 0.15) is 31.7 Å². The van der Waals surface area contributed by atoms with Crippen LogP contribution >= 0.6 is 11.8 Å². The molecule has 2 N–H and O–H groups in total. The molecule has 3 rings (SSSR count). The van der Waals surface area contributed by atoms with Gasteiger partial charge in [0.15, 0.2) is 5.17 Å². The van der Waals surface area contributed by atoms with Crippen molar-refractivity contribution in [2.45, 2.75) is 31.4 Å². The Bertz CT molecular complexity index is 1090. The molecule has 0 aliphatic carbocycles. The van der Waals surface area contributed by atoms with Gasteiger partial charge in [-0.1, -0.05) is 37.2 Å². The summed E-state index contributed by atoms with van der Waals surface area (Å²) in [6, 6.07) is 12.7. The number of nitrogens with two attached hydrogens (primary N) is 1. The Morgan fingerprint density at radius 2 is 2.06 bits per heavy atom. The molecule has 0 radical (unpaired) electrons. The number of carbonyl (C=O) groups is 2. The highest BCUT2D eigenvalue weighted by Crippen LogP contribution is 2.30. The maximum Gasteiger partial charge on any atom is 0.270 e. The summed E-state index contributed by atoms with van der Waals surface area (Å²) in [6.45, 7) is 2.69. The number of carbonyl (C=O) groups excluding carboxylic acids is 2. The molecule has 2 aromatic rings. The van der Waals surface area contributed by atoms with Gasteiger partial charge >= 0.3 is 0 Å². The molecular formula is C22H23N5O5S. The second kappa shape index (κ2) is 11.2. The van der Waals surface area contributed by atoms with Crippen molar-refractivity contribution < 1.29 is 19.2 Å². The molecular weight excluding hydrogens is 446 g/mol. The SMILES string of the molecule is CCCCOc1ccc(N2C(=O)C[C@H](SC(N)=N/N=C\c3cccc([N+](=O)[O-])c3)C2=O)cc1. The van der Waals surface area contributed by atoms with Gasteiger partial charge in [0.05, 0.1) is 23.4 Å². The number of thioether (sulfide) groups is 1. The number of nitro benzene ring substituents is 1. The van der Waals surface area contributed by atoms with Crippen LogP contribution in [0.2, 0.25) is 0 Å². The van der Waals surface area contributed by atoms with Gasteiger partial charge in [0.1, 0.15) is 11.0 Å². The van der Waals surface area contributed by atoms with Gasteiger partial charge in [-0.2, -0.15) is 5.10 Å². The molecule has 10 nitrogen and oxygen atoms in total. The lowest BCUT2D eigenvalue weighted by Crippen LogP contribution is -2.31. The molecule has 1 fully saturated rings. The van der Waals surface area contributed by atoms with E-state index in [-0.39, 0.29) is 29.1 Å². The van der Waals surface area contributed by atoms with Crippen LogP contribution in [0.4, 0.5) is 11.4 Å². The molecule has 2 aromatic carbocycles. The van der Waals surface area contributed by atoms with Crippen molar-refractivity contribution in [3.63, 3.8) is 0 Å². The van der Waals surface area contributed by atoms with Gasteiger partial charge in [-0.15, -0.1) is 5.10 Å². The summed E-state index contributed by atoms with van der Waals surface area (Å²) < 4.78 is 5.61. The number of imide groups is 1. The van der Waals surface area contributed by atoms with E-state index < -0.39 is 10.2 Å². The van der Waals surface area contributed by atoms with Crippen LogP contribution < -0.4 is 15.4 Å². The van der Waals surface area contributed by atoms with Crippen LogP contribution in [-0.4, -0.2) is 40.0 Å². The largest absolute Gasteiger partial charge is 0.494 e. The van der Waals surface area contributed by atoms with Crippen LogP contribution in [0, 0.1) is 10.1 Å². The predicted octanol–water partition coefficient (Wildman–Crippen LogP) is 3.49. The Kier molecular flexibility index (Phi) is 8.14. The number of amides is 2. The minimum absolute atomic E-state index is 0.00403. The zero-order valence-corrected chi connectivity index (χ0v) is 18.7. The van der Waals surface area contributed by atoms with Crippen molar-refractivity contribution in [1.82, 2.24) is 0 Å². The fraction of sp³-hybridized carbons (Fsp3) is 0.273. The van der Waals surface area contributed by atoms with E-state index in [1.54, 1.807) is 30.3 Å². The second-order valence-corrected chi connectivity index (χ2v) is 8.33. The second-order valence-electron chi connectivity index (χ2n) is 7.11. The number of nitro groups is 1. The maximum atomic E-state index is 12.8. The van der Waals surface area contributed by atoms with Crippen molar-refractivity contribution in [3.05, 3.63) is 64.2 Å². The molecule has 1 aliphatic heterocycles. The van der Waals surface area contributed by atoms with E-state index in [0.29, 0.717) is 23.6 Å². The molecule has 0 bridgehead atoms. The van der Waals surface area contributed by atoms with Crippen LogP contribution in [0.25, 0.3) is 0 Å². The van der Waals surface area contributed by atoms with E-state index in [9.17, 15) is 19.7 Å². The smallest absolute Gasteiger partial charge is 0.270 e. The third-order valence-corrected chi connectivity index (χ3v) is 5.65. The van der Waals surface area contributed by atoms with E-state index in [4.69, 9.17) is 10.5 Å². The highest BCUT2D eigenvalue weighted by atomic mass is 32.2. The van der Waals surface area contributed by atoms with Gasteiger partial charge < -0.3 is 10.5 Å². The first kappa shape index (κ1) is 23.9. The van der Waals surface area contributed by atoms with Crippen molar-refractivity contribution >= 4 is 46.3 Å². The van der Waals surface area contributed by atoms with Crippen molar-refractivity contribution in [3.8, 4) is 5.75 Å². The van der Waals surface area contributed by atoms with Gasteiger partial charge in [0, 0.05) is 24.1 Å². The quantitative estimate of drug-likeness (QED) is 0.148. The molecule has 11 heteroatoms. The number of amidine groups is 1. The molecule has 1 aliphatic rings. The van der Waals surface area contributed by atoms with Crippen LogP contribution in [-0.2, 0) is 9.59 Å². The highest BCUT2D eigenvalue weighted by molar-refractivity contribution is 8.14. The molecule has 0 aromatic heterocycles. The normalized spacial score (nSPS) is 16.6. The number of nitrogens with zero attached hydrogens (tertiary/aromatic N) is 4. The van der Waals surface area contributed by atoms with Crippen molar-refractivity contribution in [2.75, 3.05) is 11.5 Å². The number of unbranched alkanes of at least 4 members (excludes halogenated alkanes) is 1. The summed E-state index contributed by atoms with van der Waals surface area (Å²) in [4.78, 5) is 36.7. The van der Waals surface area contributed by atoms with Gasteiger partial charge in [-0.25, -0.2) is 4.90 Å². The Morgan fingerprint density at radius 3 is 2.76 bits per heavy atom. The lowest BCUT2D eigenvalue weighted by molar-refractivity contribution is -0.384. The maximum absolute atomic E-state index is 12.8. The zero-order chi connectivity index (χ0) is 23.8. The van der Waals surface area contributed by atoms with Gasteiger partial charge in [0.25, 0.3) is 5.69 Å². The monoisotopic (exact) mass is 469 g/mol. The molecule has 2 amide bonds. The Hall–Kier alpha value is -3.73.